The van der Waals surface area contributed by atoms with E-state index in [1.807, 2.05) is 48.5 Å². The van der Waals surface area contributed by atoms with Gasteiger partial charge in [-0.2, -0.15) is 0 Å². The number of nitrogens with zero attached hydrogens (tertiary/aromatic N) is 3. The van der Waals surface area contributed by atoms with Crippen molar-refractivity contribution < 1.29 is 13.9 Å². The lowest BCUT2D eigenvalue weighted by molar-refractivity contribution is 0.181. The summed E-state index contributed by atoms with van der Waals surface area (Å²) in [4.78, 5) is 21.5. The van der Waals surface area contributed by atoms with Crippen LogP contribution in [0.4, 0.5) is 20.6 Å². The SMILES string of the molecule is O=C(Nc1ccc(F)cc1)N1CCN(C2=Nc3ccccc3Oc3ccccc32)CC1. The zero-order chi connectivity index (χ0) is 21.2. The predicted molar refractivity (Wildman–Crippen MR) is 118 cm³/mol. The average molecular weight is 416 g/mol. The molecule has 0 aliphatic carbocycles. The van der Waals surface area contributed by atoms with E-state index >= 15 is 0 Å². The summed E-state index contributed by atoms with van der Waals surface area (Å²) in [7, 11) is 0. The minimum absolute atomic E-state index is 0.192. The van der Waals surface area contributed by atoms with Crippen LogP contribution in [0.25, 0.3) is 0 Å². The molecule has 156 valence electrons. The molecule has 3 aromatic rings. The van der Waals surface area contributed by atoms with E-state index in [4.69, 9.17) is 9.73 Å². The maximum absolute atomic E-state index is 13.1. The number of piperazine rings is 1. The first-order valence-corrected chi connectivity index (χ1v) is 10.2. The minimum atomic E-state index is -0.332. The van der Waals surface area contributed by atoms with Crippen LogP contribution in [0.1, 0.15) is 5.56 Å². The summed E-state index contributed by atoms with van der Waals surface area (Å²) >= 11 is 0. The van der Waals surface area contributed by atoms with Gasteiger partial charge < -0.3 is 19.9 Å². The monoisotopic (exact) mass is 416 g/mol. The van der Waals surface area contributed by atoms with E-state index in [0.717, 1.165) is 28.6 Å². The van der Waals surface area contributed by atoms with Crippen LogP contribution >= 0.6 is 0 Å². The van der Waals surface area contributed by atoms with Crippen molar-refractivity contribution in [2.75, 3.05) is 31.5 Å². The molecular weight excluding hydrogens is 395 g/mol. The van der Waals surface area contributed by atoms with Crippen molar-refractivity contribution in [1.82, 2.24) is 9.80 Å². The van der Waals surface area contributed by atoms with Gasteiger partial charge in [-0.25, -0.2) is 14.2 Å². The van der Waals surface area contributed by atoms with E-state index in [1.54, 1.807) is 17.0 Å². The fourth-order valence-electron chi connectivity index (χ4n) is 3.77. The van der Waals surface area contributed by atoms with Crippen LogP contribution in [0.15, 0.2) is 77.8 Å². The number of para-hydroxylation sites is 3. The number of amides is 2. The number of fused-ring (bicyclic) bond motifs is 2. The molecule has 7 heteroatoms. The highest BCUT2D eigenvalue weighted by Crippen LogP contribution is 2.37. The van der Waals surface area contributed by atoms with E-state index in [2.05, 4.69) is 10.2 Å². The van der Waals surface area contributed by atoms with Crippen molar-refractivity contribution in [3.63, 3.8) is 0 Å². The summed E-state index contributed by atoms with van der Waals surface area (Å²) in [5.74, 6) is 2.01. The molecule has 2 aliphatic rings. The van der Waals surface area contributed by atoms with E-state index in [9.17, 15) is 9.18 Å². The first-order chi connectivity index (χ1) is 15.2. The molecule has 1 N–H and O–H groups in total. The van der Waals surface area contributed by atoms with Crippen LogP contribution in [0.5, 0.6) is 11.5 Å². The molecule has 2 heterocycles. The van der Waals surface area contributed by atoms with Gasteiger partial charge in [0.25, 0.3) is 0 Å². The number of halogens is 1. The molecule has 0 saturated carbocycles. The number of rotatable bonds is 1. The molecule has 0 bridgehead atoms. The average Bonchev–Trinajstić information content (AvgIpc) is 2.97. The van der Waals surface area contributed by atoms with Crippen molar-refractivity contribution in [3.05, 3.63) is 84.2 Å². The number of carbonyl (C=O) groups is 1. The summed E-state index contributed by atoms with van der Waals surface area (Å²) in [5.41, 5.74) is 2.29. The molecule has 0 radical (unpaired) electrons. The summed E-state index contributed by atoms with van der Waals surface area (Å²) < 4.78 is 19.2. The Balaban J connectivity index is 1.33. The van der Waals surface area contributed by atoms with Gasteiger partial charge in [-0.1, -0.05) is 24.3 Å². The Kier molecular flexibility index (Phi) is 5.00. The molecular formula is C24H21FN4O2. The molecule has 0 aromatic heterocycles. The number of aliphatic imine (C=N–C) groups is 1. The van der Waals surface area contributed by atoms with E-state index in [0.29, 0.717) is 31.9 Å². The Morgan fingerprint density at radius 2 is 1.55 bits per heavy atom. The number of ether oxygens (including phenoxy) is 1. The van der Waals surface area contributed by atoms with Gasteiger partial charge >= 0.3 is 6.03 Å². The predicted octanol–water partition coefficient (Wildman–Crippen LogP) is 4.86. The maximum Gasteiger partial charge on any atom is 0.321 e. The summed E-state index contributed by atoms with van der Waals surface area (Å²) in [5, 5.41) is 2.82. The molecule has 6 nitrogen and oxygen atoms in total. The van der Waals surface area contributed by atoms with Crippen molar-refractivity contribution in [1.29, 1.82) is 0 Å². The fraction of sp³-hybridized carbons (Fsp3) is 0.167. The van der Waals surface area contributed by atoms with Crippen LogP contribution < -0.4 is 10.1 Å². The van der Waals surface area contributed by atoms with E-state index in [1.165, 1.54) is 12.1 Å². The second-order valence-electron chi connectivity index (χ2n) is 7.41. The largest absolute Gasteiger partial charge is 0.454 e. The third-order valence-electron chi connectivity index (χ3n) is 5.40. The van der Waals surface area contributed by atoms with Gasteiger partial charge in [0.15, 0.2) is 5.75 Å². The fourth-order valence-corrected chi connectivity index (χ4v) is 3.77. The zero-order valence-corrected chi connectivity index (χ0v) is 16.8. The van der Waals surface area contributed by atoms with Gasteiger partial charge in [-0.15, -0.1) is 0 Å². The van der Waals surface area contributed by atoms with Gasteiger partial charge in [0.05, 0.1) is 5.56 Å². The van der Waals surface area contributed by atoms with Crippen molar-refractivity contribution >= 4 is 23.2 Å². The highest BCUT2D eigenvalue weighted by molar-refractivity contribution is 6.04. The molecule has 31 heavy (non-hydrogen) atoms. The number of anilines is 1. The summed E-state index contributed by atoms with van der Waals surface area (Å²) in [6.07, 6.45) is 0. The molecule has 3 aromatic carbocycles. The van der Waals surface area contributed by atoms with Gasteiger partial charge in [-0.05, 0) is 48.5 Å². The summed E-state index contributed by atoms with van der Waals surface area (Å²) in [6, 6.07) is 21.2. The Morgan fingerprint density at radius 1 is 0.871 bits per heavy atom. The van der Waals surface area contributed by atoms with E-state index in [-0.39, 0.29) is 11.8 Å². The smallest absolute Gasteiger partial charge is 0.321 e. The molecule has 0 spiro atoms. The maximum atomic E-state index is 13.1. The number of urea groups is 1. The third kappa shape index (κ3) is 3.94. The van der Waals surface area contributed by atoms with Gasteiger partial charge in [-0.3, -0.25) is 0 Å². The second-order valence-corrected chi connectivity index (χ2v) is 7.41. The first kappa shape index (κ1) is 19.1. The third-order valence-corrected chi connectivity index (χ3v) is 5.40. The lowest BCUT2D eigenvalue weighted by atomic mass is 10.1. The molecule has 1 saturated heterocycles. The number of nitrogens with one attached hydrogen (secondary N) is 1. The van der Waals surface area contributed by atoms with Crippen LogP contribution in [-0.4, -0.2) is 47.8 Å². The second kappa shape index (κ2) is 8.10. The van der Waals surface area contributed by atoms with Crippen molar-refractivity contribution in [3.8, 4) is 11.5 Å². The van der Waals surface area contributed by atoms with E-state index < -0.39 is 0 Å². The normalized spacial score (nSPS) is 15.2. The lowest BCUT2D eigenvalue weighted by Gasteiger charge is -2.36. The summed E-state index contributed by atoms with van der Waals surface area (Å²) in [6.45, 7) is 2.39. The number of benzene rings is 3. The minimum Gasteiger partial charge on any atom is -0.454 e. The Bertz CT molecular complexity index is 1140. The van der Waals surface area contributed by atoms with Gasteiger partial charge in [0.1, 0.15) is 23.1 Å². The lowest BCUT2D eigenvalue weighted by Crippen LogP contribution is -2.51. The standard InChI is InChI=1S/C24H21FN4O2/c25-17-9-11-18(12-10-17)26-24(30)29-15-13-28(14-16-29)23-19-5-1-3-7-21(19)31-22-8-4-2-6-20(22)27-23/h1-12H,13-16H2,(H,26,30). The molecule has 0 atom stereocenters. The van der Waals surface area contributed by atoms with Gasteiger partial charge in [0, 0.05) is 31.9 Å². The Labute approximate surface area is 179 Å². The number of hydrogen-bond donors (Lipinski definition) is 1. The van der Waals surface area contributed by atoms with Crippen molar-refractivity contribution in [2.45, 2.75) is 0 Å². The molecule has 1 fully saturated rings. The quantitative estimate of drug-likeness (QED) is 0.616. The Hall–Kier alpha value is -3.87. The van der Waals surface area contributed by atoms with Crippen molar-refractivity contribution in [2.24, 2.45) is 4.99 Å². The molecule has 2 amide bonds. The van der Waals surface area contributed by atoms with Crippen LogP contribution in [0.2, 0.25) is 0 Å². The number of hydrogen-bond acceptors (Lipinski definition) is 4. The molecule has 2 aliphatic heterocycles. The molecule has 0 unspecified atom stereocenters. The highest BCUT2D eigenvalue weighted by atomic mass is 19.1. The first-order valence-electron chi connectivity index (χ1n) is 10.2. The molecule has 5 rings (SSSR count). The zero-order valence-electron chi connectivity index (χ0n) is 16.8. The van der Waals surface area contributed by atoms with Crippen LogP contribution in [0, 0.1) is 5.82 Å². The van der Waals surface area contributed by atoms with Crippen LogP contribution in [-0.2, 0) is 0 Å². The number of carbonyl (C=O) groups excluding carboxylic acids is 1. The Morgan fingerprint density at radius 3 is 2.32 bits per heavy atom. The number of amidine groups is 1. The van der Waals surface area contributed by atoms with Gasteiger partial charge in [0.2, 0.25) is 0 Å². The highest BCUT2D eigenvalue weighted by Gasteiger charge is 2.27. The topological polar surface area (TPSA) is 57.2 Å². The van der Waals surface area contributed by atoms with Crippen LogP contribution in [0.3, 0.4) is 0 Å².